The minimum atomic E-state index is -0.468. The van der Waals surface area contributed by atoms with E-state index < -0.39 is 5.54 Å². The van der Waals surface area contributed by atoms with Crippen molar-refractivity contribution >= 4 is 11.4 Å². The second kappa shape index (κ2) is 4.05. The van der Waals surface area contributed by atoms with Crippen LogP contribution in [0.15, 0.2) is 29.4 Å². The van der Waals surface area contributed by atoms with Crippen LogP contribution < -0.4 is 0 Å². The van der Waals surface area contributed by atoms with Crippen LogP contribution in [0.2, 0.25) is 0 Å². The second-order valence-corrected chi connectivity index (χ2v) is 4.13. The number of diazo groups is 1. The van der Waals surface area contributed by atoms with Gasteiger partial charge in [-0.3, -0.25) is 0 Å². The van der Waals surface area contributed by atoms with Gasteiger partial charge in [-0.05, 0) is 30.7 Å². The van der Waals surface area contributed by atoms with Gasteiger partial charge in [-0.2, -0.15) is 0 Å². The van der Waals surface area contributed by atoms with E-state index in [9.17, 15) is 5.21 Å². The first-order valence-electron chi connectivity index (χ1n) is 4.58. The Balaban J connectivity index is 3.18. The van der Waals surface area contributed by atoms with Gasteiger partial charge in [-0.15, -0.1) is 0 Å². The highest BCUT2D eigenvalue weighted by molar-refractivity contribution is 5.61. The highest BCUT2D eigenvalue weighted by atomic mass is 16.5. The maximum atomic E-state index is 11.6. The van der Waals surface area contributed by atoms with Crippen LogP contribution >= 0.6 is 0 Å². The summed E-state index contributed by atoms with van der Waals surface area (Å²) in [5.41, 5.74) is -0.0277. The van der Waals surface area contributed by atoms with Gasteiger partial charge in [0, 0.05) is 12.1 Å². The van der Waals surface area contributed by atoms with Crippen molar-refractivity contribution in [3.63, 3.8) is 0 Å². The third-order valence-electron chi connectivity index (χ3n) is 1.59. The number of rotatable bonds is 1. The van der Waals surface area contributed by atoms with Crippen molar-refractivity contribution in [3.05, 3.63) is 34.4 Å². The molecule has 0 spiro atoms. The summed E-state index contributed by atoms with van der Waals surface area (Å²) in [6.45, 7) is 5.45. The zero-order valence-electron chi connectivity index (χ0n) is 9.01. The minimum absolute atomic E-state index is 0.209. The average Bonchev–Trinajstić information content (AvgIpc) is 2.15. The molecule has 0 bridgehead atoms. The quantitative estimate of drug-likeness (QED) is 0.304. The Morgan fingerprint density at radius 2 is 1.93 bits per heavy atom. The van der Waals surface area contributed by atoms with E-state index in [0.29, 0.717) is 4.86 Å². The highest BCUT2D eigenvalue weighted by Gasteiger charge is 2.23. The van der Waals surface area contributed by atoms with Crippen molar-refractivity contribution in [3.8, 4) is 0 Å². The van der Waals surface area contributed by atoms with E-state index in [0.717, 1.165) is 0 Å². The van der Waals surface area contributed by atoms with Crippen LogP contribution in [0.1, 0.15) is 20.8 Å². The molecule has 5 nitrogen and oxygen atoms in total. The SMILES string of the molecule is CC(C)(C)N=[N+]([O-])c1ccccc1[N+]#N. The molecule has 0 aliphatic heterocycles. The Hall–Kier alpha value is -1.96. The molecule has 0 aromatic heterocycles. The lowest BCUT2D eigenvalue weighted by molar-refractivity contribution is -0.448. The van der Waals surface area contributed by atoms with E-state index in [-0.39, 0.29) is 11.4 Å². The standard InChI is InChI=1S/C10H13N4O/c1-10(2,3)13-14(15)9-7-5-4-6-8(9)12-11/h4-7H,1-3H3/q+1. The first-order chi connectivity index (χ1) is 6.94. The van der Waals surface area contributed by atoms with Crippen molar-refractivity contribution in [2.45, 2.75) is 26.3 Å². The average molecular weight is 205 g/mol. The fourth-order valence-electron chi connectivity index (χ4n) is 1.04. The first-order valence-corrected chi connectivity index (χ1v) is 4.58. The van der Waals surface area contributed by atoms with Crippen LogP contribution in [0, 0.1) is 10.6 Å². The summed E-state index contributed by atoms with van der Waals surface area (Å²) in [6, 6.07) is 6.46. The molecule has 0 aliphatic rings. The summed E-state index contributed by atoms with van der Waals surface area (Å²) in [4.78, 5) is 3.50. The minimum Gasteiger partial charge on any atom is -0.594 e. The lowest BCUT2D eigenvalue weighted by Gasteiger charge is -2.08. The van der Waals surface area contributed by atoms with Crippen LogP contribution in [-0.4, -0.2) is 10.4 Å². The molecule has 0 atom stereocenters. The predicted molar refractivity (Wildman–Crippen MR) is 56.7 cm³/mol. The van der Waals surface area contributed by atoms with Gasteiger partial charge in [0.1, 0.15) is 5.54 Å². The molecule has 0 saturated carbocycles. The normalized spacial score (nSPS) is 12.3. The number of hydrogen-bond donors (Lipinski definition) is 0. The Labute approximate surface area is 88.3 Å². The molecule has 0 saturated heterocycles. The molecule has 78 valence electrons. The molecular formula is C10H13N4O+. The third kappa shape index (κ3) is 3.02. The number of benzene rings is 1. The number of para-hydroxylation sites is 1. The Morgan fingerprint density at radius 1 is 1.33 bits per heavy atom. The summed E-state index contributed by atoms with van der Waals surface area (Å²) in [6.07, 6.45) is 0. The molecule has 0 amide bonds. The summed E-state index contributed by atoms with van der Waals surface area (Å²) < 4.78 is 0. The van der Waals surface area contributed by atoms with E-state index >= 15 is 0 Å². The van der Waals surface area contributed by atoms with Gasteiger partial charge in [-0.1, -0.05) is 12.1 Å². The van der Waals surface area contributed by atoms with Gasteiger partial charge in [-0.25, -0.2) is 0 Å². The van der Waals surface area contributed by atoms with Crippen LogP contribution in [0.4, 0.5) is 11.4 Å². The van der Waals surface area contributed by atoms with E-state index in [1.165, 1.54) is 0 Å². The smallest absolute Gasteiger partial charge is 0.458 e. The van der Waals surface area contributed by atoms with Crippen LogP contribution in [0.5, 0.6) is 0 Å². The summed E-state index contributed by atoms with van der Waals surface area (Å²) >= 11 is 0. The zero-order valence-corrected chi connectivity index (χ0v) is 9.01. The molecule has 0 fully saturated rings. The topological polar surface area (TPSA) is 66.6 Å². The highest BCUT2D eigenvalue weighted by Crippen LogP contribution is 2.27. The van der Waals surface area contributed by atoms with Gasteiger partial charge in [0.15, 0.2) is 4.98 Å². The molecule has 1 aromatic rings. The summed E-state index contributed by atoms with van der Waals surface area (Å²) in [5.74, 6) is 0. The fraction of sp³-hybridized carbons (Fsp3) is 0.400. The van der Waals surface area contributed by atoms with Gasteiger partial charge < -0.3 is 5.21 Å². The summed E-state index contributed by atoms with van der Waals surface area (Å²) in [5, 5.41) is 24.2. The maximum absolute atomic E-state index is 11.6. The molecular weight excluding hydrogens is 192 g/mol. The van der Waals surface area contributed by atoms with Crippen molar-refractivity contribution < 1.29 is 4.86 Å². The van der Waals surface area contributed by atoms with Gasteiger partial charge in [0.05, 0.1) is 0 Å². The van der Waals surface area contributed by atoms with Crippen LogP contribution in [0.3, 0.4) is 0 Å². The molecule has 0 unspecified atom stereocenters. The van der Waals surface area contributed by atoms with Crippen molar-refractivity contribution in [1.82, 2.24) is 0 Å². The van der Waals surface area contributed by atoms with Crippen LogP contribution in [-0.2, 0) is 0 Å². The predicted octanol–water partition coefficient (Wildman–Crippen LogP) is 3.56. The molecule has 1 aromatic carbocycles. The molecule has 0 radical (unpaired) electrons. The summed E-state index contributed by atoms with van der Waals surface area (Å²) in [7, 11) is 0. The largest absolute Gasteiger partial charge is 0.594 e. The van der Waals surface area contributed by atoms with Crippen molar-refractivity contribution in [2.75, 3.05) is 0 Å². The Morgan fingerprint density at radius 3 is 2.47 bits per heavy atom. The maximum Gasteiger partial charge on any atom is 0.458 e. The molecule has 1 rings (SSSR count). The van der Waals surface area contributed by atoms with Crippen molar-refractivity contribution in [2.24, 2.45) is 5.11 Å². The first kappa shape index (κ1) is 11.1. The van der Waals surface area contributed by atoms with Gasteiger partial charge in [0.2, 0.25) is 5.39 Å². The monoisotopic (exact) mass is 205 g/mol. The van der Waals surface area contributed by atoms with E-state index in [1.54, 1.807) is 24.3 Å². The number of azo groups is 1. The molecule has 0 N–H and O–H groups in total. The Kier molecular flexibility index (Phi) is 3.00. The Bertz CT molecular complexity index is 426. The fourth-order valence-corrected chi connectivity index (χ4v) is 1.04. The second-order valence-electron chi connectivity index (χ2n) is 4.13. The number of nitrogens with zero attached hydrogens (tertiary/aromatic N) is 4. The van der Waals surface area contributed by atoms with E-state index in [2.05, 4.69) is 10.1 Å². The molecule has 15 heavy (non-hydrogen) atoms. The molecule has 0 heterocycles. The molecule has 5 heteroatoms. The van der Waals surface area contributed by atoms with Gasteiger partial charge >= 0.3 is 11.4 Å². The van der Waals surface area contributed by atoms with Crippen molar-refractivity contribution in [1.29, 1.82) is 5.39 Å². The number of hydrogen-bond acceptors (Lipinski definition) is 3. The third-order valence-corrected chi connectivity index (χ3v) is 1.59. The van der Waals surface area contributed by atoms with E-state index in [4.69, 9.17) is 5.39 Å². The lowest BCUT2D eigenvalue weighted by Crippen LogP contribution is -2.12. The van der Waals surface area contributed by atoms with E-state index in [1.807, 2.05) is 20.8 Å². The lowest BCUT2D eigenvalue weighted by atomic mass is 10.1. The van der Waals surface area contributed by atoms with Crippen LogP contribution in [0.25, 0.3) is 4.98 Å². The molecule has 0 aliphatic carbocycles. The zero-order chi connectivity index (χ0) is 11.5. The van der Waals surface area contributed by atoms with Gasteiger partial charge in [0.25, 0.3) is 0 Å².